The first-order valence-electron chi connectivity index (χ1n) is 8.92. The molecule has 0 saturated carbocycles. The highest BCUT2D eigenvalue weighted by atomic mass is 19.4. The monoisotopic (exact) mass is 405 g/mol. The van der Waals surface area contributed by atoms with Gasteiger partial charge in [0.2, 0.25) is 0 Å². The molecule has 2 nitrogen and oxygen atoms in total. The molecule has 0 bridgehead atoms. The van der Waals surface area contributed by atoms with Crippen LogP contribution in [0.5, 0.6) is 0 Å². The average molecular weight is 405 g/mol. The third-order valence-corrected chi connectivity index (χ3v) is 6.00. The number of hydrogen-bond donors (Lipinski definition) is 2. The van der Waals surface area contributed by atoms with Crippen LogP contribution in [0.15, 0.2) is 54.1 Å². The maximum Gasteiger partial charge on any atom is 0.430 e. The van der Waals surface area contributed by atoms with Crippen LogP contribution < -0.4 is 5.32 Å². The smallest absolute Gasteiger partial charge is 0.370 e. The Morgan fingerprint density at radius 2 is 1.64 bits per heavy atom. The van der Waals surface area contributed by atoms with Crippen molar-refractivity contribution in [1.82, 2.24) is 5.32 Å². The van der Waals surface area contributed by atoms with Crippen LogP contribution in [0.25, 0.3) is 0 Å². The largest absolute Gasteiger partial charge is 0.430 e. The number of halogens is 6. The van der Waals surface area contributed by atoms with Gasteiger partial charge in [-0.1, -0.05) is 55.5 Å². The van der Waals surface area contributed by atoms with Crippen LogP contribution in [0.2, 0.25) is 0 Å². The molecule has 3 atom stereocenters. The minimum Gasteiger partial charge on any atom is -0.370 e. The predicted molar refractivity (Wildman–Crippen MR) is 92.5 cm³/mol. The van der Waals surface area contributed by atoms with E-state index in [4.69, 9.17) is 0 Å². The molecule has 1 heterocycles. The lowest BCUT2D eigenvalue weighted by atomic mass is 9.67. The third kappa shape index (κ3) is 3.26. The zero-order chi connectivity index (χ0) is 20.8. The molecule has 0 aromatic heterocycles. The number of benzene rings is 1. The highest BCUT2D eigenvalue weighted by Crippen LogP contribution is 2.50. The summed E-state index contributed by atoms with van der Waals surface area (Å²) in [6.45, 7) is 3.31. The molecule has 1 aliphatic carbocycles. The summed E-state index contributed by atoms with van der Waals surface area (Å²) in [7, 11) is 0. The van der Waals surface area contributed by atoms with Gasteiger partial charge < -0.3 is 10.4 Å². The fourth-order valence-corrected chi connectivity index (χ4v) is 4.29. The van der Waals surface area contributed by atoms with Crippen molar-refractivity contribution in [2.75, 3.05) is 13.1 Å². The normalized spacial score (nSPS) is 29.1. The van der Waals surface area contributed by atoms with Crippen molar-refractivity contribution in [3.8, 4) is 0 Å². The van der Waals surface area contributed by atoms with Crippen LogP contribution >= 0.6 is 0 Å². The summed E-state index contributed by atoms with van der Waals surface area (Å²) in [4.78, 5) is 0. The number of rotatable bonds is 3. The first kappa shape index (κ1) is 20.9. The Morgan fingerprint density at radius 1 is 1.04 bits per heavy atom. The molecule has 2 N–H and O–H groups in total. The fourth-order valence-electron chi connectivity index (χ4n) is 4.29. The van der Waals surface area contributed by atoms with E-state index in [1.165, 1.54) is 6.08 Å². The Labute approximate surface area is 158 Å². The number of alkyl halides is 6. The van der Waals surface area contributed by atoms with Crippen LogP contribution in [-0.4, -0.2) is 36.1 Å². The van der Waals surface area contributed by atoms with Gasteiger partial charge in [-0.2, -0.15) is 26.3 Å². The quantitative estimate of drug-likeness (QED) is 0.725. The van der Waals surface area contributed by atoms with Crippen LogP contribution in [-0.2, 0) is 5.41 Å². The number of nitrogens with one attached hydrogen (secondary N) is 1. The summed E-state index contributed by atoms with van der Waals surface area (Å²) in [5.74, 6) is -0.247. The average Bonchev–Trinajstić information content (AvgIpc) is 3.03. The van der Waals surface area contributed by atoms with Gasteiger partial charge >= 0.3 is 12.4 Å². The van der Waals surface area contributed by atoms with Gasteiger partial charge in [0.1, 0.15) is 0 Å². The van der Waals surface area contributed by atoms with Gasteiger partial charge in [-0.05, 0) is 35.9 Å². The van der Waals surface area contributed by atoms with E-state index in [0.29, 0.717) is 13.1 Å². The minimum absolute atomic E-state index is 0.00489. The molecule has 28 heavy (non-hydrogen) atoms. The first-order chi connectivity index (χ1) is 12.9. The first-order valence-corrected chi connectivity index (χ1v) is 8.92. The van der Waals surface area contributed by atoms with Gasteiger partial charge in [0.05, 0.1) is 0 Å². The maximum atomic E-state index is 13.1. The lowest BCUT2D eigenvalue weighted by Gasteiger charge is -2.38. The molecular weight excluding hydrogens is 384 g/mol. The molecule has 1 aromatic carbocycles. The van der Waals surface area contributed by atoms with Crippen molar-refractivity contribution in [2.24, 2.45) is 11.8 Å². The molecule has 1 fully saturated rings. The van der Waals surface area contributed by atoms with Crippen molar-refractivity contribution in [2.45, 2.75) is 36.7 Å². The van der Waals surface area contributed by atoms with E-state index in [1.807, 2.05) is 37.3 Å². The zero-order valence-electron chi connectivity index (χ0n) is 15.1. The van der Waals surface area contributed by atoms with Gasteiger partial charge in [-0.3, -0.25) is 0 Å². The summed E-state index contributed by atoms with van der Waals surface area (Å²) in [5.41, 5.74) is -5.27. The van der Waals surface area contributed by atoms with E-state index >= 15 is 0 Å². The molecule has 0 spiro atoms. The lowest BCUT2D eigenvalue weighted by molar-refractivity contribution is -0.351. The second kappa shape index (κ2) is 6.91. The van der Waals surface area contributed by atoms with Crippen molar-refractivity contribution >= 4 is 0 Å². The molecule has 154 valence electrons. The van der Waals surface area contributed by atoms with E-state index in [2.05, 4.69) is 5.32 Å². The van der Waals surface area contributed by atoms with Gasteiger partial charge in [-0.15, -0.1) is 0 Å². The Hall–Kier alpha value is -1.80. The van der Waals surface area contributed by atoms with Crippen molar-refractivity contribution in [1.29, 1.82) is 0 Å². The summed E-state index contributed by atoms with van der Waals surface area (Å²) in [5, 5.41) is 12.8. The van der Waals surface area contributed by atoms with Gasteiger partial charge in [0.25, 0.3) is 5.60 Å². The van der Waals surface area contributed by atoms with Crippen LogP contribution in [0.1, 0.15) is 18.9 Å². The Kier molecular flexibility index (Phi) is 5.17. The van der Waals surface area contributed by atoms with Gasteiger partial charge in [-0.25, -0.2) is 0 Å². The molecule has 1 aliphatic heterocycles. The van der Waals surface area contributed by atoms with Crippen LogP contribution in [0.3, 0.4) is 0 Å². The molecule has 1 saturated heterocycles. The topological polar surface area (TPSA) is 32.3 Å². The van der Waals surface area contributed by atoms with Gasteiger partial charge in [0, 0.05) is 12.0 Å². The summed E-state index contributed by atoms with van der Waals surface area (Å²) < 4.78 is 78.4. The van der Waals surface area contributed by atoms with E-state index in [9.17, 15) is 31.4 Å². The molecule has 0 radical (unpaired) electrons. The molecular formula is C20H21F6NO. The lowest BCUT2D eigenvalue weighted by Crippen LogP contribution is -2.58. The molecule has 0 amide bonds. The fraction of sp³-hybridized carbons (Fsp3) is 0.500. The Bertz CT molecular complexity index is 753. The second-order valence-corrected chi connectivity index (χ2v) is 7.64. The summed E-state index contributed by atoms with van der Waals surface area (Å²) in [6, 6.07) is 9.63. The second-order valence-electron chi connectivity index (χ2n) is 7.64. The molecule has 1 aromatic rings. The third-order valence-electron chi connectivity index (χ3n) is 6.00. The summed E-state index contributed by atoms with van der Waals surface area (Å²) in [6.07, 6.45) is -8.70. The van der Waals surface area contributed by atoms with Gasteiger partial charge in [0.15, 0.2) is 0 Å². The van der Waals surface area contributed by atoms with E-state index in [1.54, 1.807) is 0 Å². The van der Waals surface area contributed by atoms with E-state index in [-0.39, 0.29) is 23.7 Å². The highest BCUT2D eigenvalue weighted by molar-refractivity contribution is 5.37. The summed E-state index contributed by atoms with van der Waals surface area (Å²) >= 11 is 0. The van der Waals surface area contributed by atoms with Crippen molar-refractivity contribution in [3.05, 3.63) is 59.7 Å². The number of aliphatic hydroxyl groups is 1. The predicted octanol–water partition coefficient (Wildman–Crippen LogP) is 4.52. The number of allylic oxidation sites excluding steroid dienone is 2. The van der Waals surface area contributed by atoms with Crippen molar-refractivity contribution in [3.63, 3.8) is 0 Å². The van der Waals surface area contributed by atoms with E-state index < -0.39 is 23.5 Å². The Balaban J connectivity index is 1.87. The maximum absolute atomic E-state index is 13.1. The van der Waals surface area contributed by atoms with Crippen molar-refractivity contribution < 1.29 is 31.4 Å². The highest BCUT2D eigenvalue weighted by Gasteiger charge is 2.72. The zero-order valence-corrected chi connectivity index (χ0v) is 15.1. The number of hydrogen-bond acceptors (Lipinski definition) is 2. The molecule has 3 rings (SSSR count). The van der Waals surface area contributed by atoms with Crippen LogP contribution in [0.4, 0.5) is 26.3 Å². The standard InChI is InChI=1S/C20H21F6NO/c1-17(14-5-3-2-4-6-14)12-27-11-16(17)13-7-9-15(10-8-13)18(28,19(21,22)23)20(24,25)26/h2-7,9-10,13,16,27-28H,8,11-12H2,1H3/t13?,16-,17+/m0/s1. The molecule has 2 aliphatic rings. The minimum atomic E-state index is -5.86. The SMILES string of the molecule is C[C@]1(c2ccccc2)CNC[C@H]1C1C=CC(C(O)(C(F)(F)F)C(F)(F)F)=CC1. The van der Waals surface area contributed by atoms with E-state index in [0.717, 1.165) is 17.7 Å². The van der Waals surface area contributed by atoms with Crippen LogP contribution in [0, 0.1) is 11.8 Å². The molecule has 1 unspecified atom stereocenters. The molecule has 8 heteroatoms. The Morgan fingerprint density at radius 3 is 2.14 bits per heavy atom.